The maximum Gasteiger partial charge on any atom is 0.247 e. The molecule has 0 saturated heterocycles. The van der Waals surface area contributed by atoms with Crippen molar-refractivity contribution in [3.8, 4) is 11.5 Å². The first kappa shape index (κ1) is 14.0. The molecule has 3 rings (SSSR count). The molecular weight excluding hydrogens is 308 g/mol. The highest BCUT2D eigenvalue weighted by Gasteiger charge is 2.08. The Labute approximate surface area is 131 Å². The molecule has 2 aromatic heterocycles. The van der Waals surface area contributed by atoms with Crippen LogP contribution in [-0.2, 0) is 13.0 Å². The van der Waals surface area contributed by atoms with Crippen molar-refractivity contribution in [2.45, 2.75) is 19.9 Å². The number of rotatable bonds is 5. The van der Waals surface area contributed by atoms with E-state index in [1.165, 1.54) is 11.3 Å². The highest BCUT2D eigenvalue weighted by molar-refractivity contribution is 7.15. The van der Waals surface area contributed by atoms with Gasteiger partial charge in [-0.2, -0.15) is 0 Å². The summed E-state index contributed by atoms with van der Waals surface area (Å²) < 4.78 is 6.12. The van der Waals surface area contributed by atoms with Crippen molar-refractivity contribution in [1.29, 1.82) is 0 Å². The SMILES string of the molecule is CCc1nnc(-c2cccc(NCc3cnc(Cl)s3)c2)o1. The van der Waals surface area contributed by atoms with Crippen LogP contribution in [0, 0.1) is 0 Å². The lowest BCUT2D eigenvalue weighted by Crippen LogP contribution is -1.97. The fraction of sp³-hybridized carbons (Fsp3) is 0.214. The maximum atomic E-state index is 5.82. The molecular formula is C14H13ClN4OS. The van der Waals surface area contributed by atoms with Gasteiger partial charge in [-0.3, -0.25) is 0 Å². The fourth-order valence-corrected chi connectivity index (χ4v) is 2.75. The van der Waals surface area contributed by atoms with Crippen molar-refractivity contribution in [2.24, 2.45) is 0 Å². The Morgan fingerprint density at radius 3 is 2.95 bits per heavy atom. The Balaban J connectivity index is 1.73. The Morgan fingerprint density at radius 2 is 2.24 bits per heavy atom. The predicted octanol–water partition coefficient (Wildman–Crippen LogP) is 4.02. The zero-order valence-electron chi connectivity index (χ0n) is 11.3. The van der Waals surface area contributed by atoms with E-state index in [0.717, 1.165) is 22.5 Å². The molecule has 7 heteroatoms. The summed E-state index contributed by atoms with van der Waals surface area (Å²) in [6.45, 7) is 2.66. The number of hydrogen-bond donors (Lipinski definition) is 1. The normalized spacial score (nSPS) is 10.8. The van der Waals surface area contributed by atoms with E-state index in [-0.39, 0.29) is 0 Å². The van der Waals surface area contributed by atoms with Gasteiger partial charge in [0, 0.05) is 28.7 Å². The average molecular weight is 321 g/mol. The zero-order chi connectivity index (χ0) is 14.7. The molecule has 0 bridgehead atoms. The first-order valence-corrected chi connectivity index (χ1v) is 7.71. The average Bonchev–Trinajstić information content (AvgIpc) is 3.14. The molecule has 3 aromatic rings. The summed E-state index contributed by atoms with van der Waals surface area (Å²) in [5.41, 5.74) is 1.88. The van der Waals surface area contributed by atoms with Gasteiger partial charge < -0.3 is 9.73 Å². The third-order valence-corrected chi connectivity index (χ3v) is 3.99. The van der Waals surface area contributed by atoms with Crippen LogP contribution in [0.2, 0.25) is 4.47 Å². The summed E-state index contributed by atoms with van der Waals surface area (Å²) in [6, 6.07) is 7.87. The molecule has 0 atom stereocenters. The van der Waals surface area contributed by atoms with E-state index in [0.29, 0.717) is 22.8 Å². The summed E-state index contributed by atoms with van der Waals surface area (Å²) in [5.74, 6) is 1.18. The molecule has 0 fully saturated rings. The summed E-state index contributed by atoms with van der Waals surface area (Å²) in [5, 5.41) is 11.4. The lowest BCUT2D eigenvalue weighted by Gasteiger charge is -2.05. The van der Waals surface area contributed by atoms with Gasteiger partial charge >= 0.3 is 0 Å². The lowest BCUT2D eigenvalue weighted by molar-refractivity contribution is 0.513. The second-order valence-electron chi connectivity index (χ2n) is 4.37. The molecule has 0 radical (unpaired) electrons. The number of aromatic nitrogens is 3. The number of halogens is 1. The molecule has 1 aromatic carbocycles. The zero-order valence-corrected chi connectivity index (χ0v) is 12.9. The van der Waals surface area contributed by atoms with Crippen LogP contribution in [0.5, 0.6) is 0 Å². The molecule has 0 amide bonds. The van der Waals surface area contributed by atoms with Crippen LogP contribution in [0.25, 0.3) is 11.5 Å². The minimum atomic E-state index is 0.538. The lowest BCUT2D eigenvalue weighted by atomic mass is 10.2. The van der Waals surface area contributed by atoms with Crippen LogP contribution < -0.4 is 5.32 Å². The van der Waals surface area contributed by atoms with E-state index in [9.17, 15) is 0 Å². The highest BCUT2D eigenvalue weighted by atomic mass is 35.5. The van der Waals surface area contributed by atoms with E-state index in [1.807, 2.05) is 31.2 Å². The topological polar surface area (TPSA) is 63.8 Å². The summed E-state index contributed by atoms with van der Waals surface area (Å²) in [4.78, 5) is 5.10. The van der Waals surface area contributed by atoms with Gasteiger partial charge in [0.1, 0.15) is 0 Å². The summed E-state index contributed by atoms with van der Waals surface area (Å²) in [7, 11) is 0. The monoisotopic (exact) mass is 320 g/mol. The molecule has 1 N–H and O–H groups in total. The van der Waals surface area contributed by atoms with Gasteiger partial charge in [-0.15, -0.1) is 21.5 Å². The first-order chi connectivity index (χ1) is 10.2. The quantitative estimate of drug-likeness (QED) is 0.769. The molecule has 0 aliphatic heterocycles. The van der Waals surface area contributed by atoms with E-state index < -0.39 is 0 Å². The minimum Gasteiger partial charge on any atom is -0.421 e. The molecule has 0 unspecified atom stereocenters. The third-order valence-electron chi connectivity index (χ3n) is 2.87. The molecule has 2 heterocycles. The van der Waals surface area contributed by atoms with Crippen LogP contribution in [0.15, 0.2) is 34.9 Å². The number of nitrogens with zero attached hydrogens (tertiary/aromatic N) is 3. The van der Waals surface area contributed by atoms with Gasteiger partial charge in [0.2, 0.25) is 11.8 Å². The molecule has 5 nitrogen and oxygen atoms in total. The van der Waals surface area contributed by atoms with Crippen LogP contribution >= 0.6 is 22.9 Å². The van der Waals surface area contributed by atoms with Gasteiger partial charge in [-0.25, -0.2) is 4.98 Å². The second kappa shape index (κ2) is 6.24. The van der Waals surface area contributed by atoms with E-state index in [1.54, 1.807) is 6.20 Å². The second-order valence-corrected chi connectivity index (χ2v) is 6.07. The maximum absolute atomic E-state index is 5.82. The smallest absolute Gasteiger partial charge is 0.247 e. The largest absolute Gasteiger partial charge is 0.421 e. The van der Waals surface area contributed by atoms with Gasteiger partial charge in [0.25, 0.3) is 0 Å². The van der Waals surface area contributed by atoms with Gasteiger partial charge in [-0.1, -0.05) is 24.6 Å². The van der Waals surface area contributed by atoms with Crippen LogP contribution in [0.4, 0.5) is 5.69 Å². The predicted molar refractivity (Wildman–Crippen MR) is 83.6 cm³/mol. The molecule has 0 aliphatic rings. The van der Waals surface area contributed by atoms with E-state index in [2.05, 4.69) is 20.5 Å². The van der Waals surface area contributed by atoms with Gasteiger partial charge in [0.05, 0.1) is 6.54 Å². The van der Waals surface area contributed by atoms with Crippen LogP contribution in [0.1, 0.15) is 17.7 Å². The number of thiazole rings is 1. The molecule has 0 aliphatic carbocycles. The number of anilines is 1. The molecule has 108 valence electrons. The number of aryl methyl sites for hydroxylation is 1. The van der Waals surface area contributed by atoms with Crippen molar-refractivity contribution in [3.05, 3.63) is 45.7 Å². The Bertz CT molecular complexity index is 740. The number of nitrogens with one attached hydrogen (secondary N) is 1. The van der Waals surface area contributed by atoms with Crippen molar-refractivity contribution in [1.82, 2.24) is 15.2 Å². The minimum absolute atomic E-state index is 0.538. The Hall–Kier alpha value is -1.92. The summed E-state index contributed by atoms with van der Waals surface area (Å²) in [6.07, 6.45) is 2.51. The number of benzene rings is 1. The van der Waals surface area contributed by atoms with Gasteiger partial charge in [-0.05, 0) is 18.2 Å². The third kappa shape index (κ3) is 3.40. The fourth-order valence-electron chi connectivity index (χ4n) is 1.83. The van der Waals surface area contributed by atoms with Gasteiger partial charge in [0.15, 0.2) is 4.47 Å². The summed E-state index contributed by atoms with van der Waals surface area (Å²) >= 11 is 7.28. The first-order valence-electron chi connectivity index (χ1n) is 6.51. The van der Waals surface area contributed by atoms with Crippen molar-refractivity contribution in [3.63, 3.8) is 0 Å². The van der Waals surface area contributed by atoms with Crippen molar-refractivity contribution < 1.29 is 4.42 Å². The van der Waals surface area contributed by atoms with Crippen molar-refractivity contribution >= 4 is 28.6 Å². The van der Waals surface area contributed by atoms with E-state index in [4.69, 9.17) is 16.0 Å². The van der Waals surface area contributed by atoms with Crippen LogP contribution in [0.3, 0.4) is 0 Å². The van der Waals surface area contributed by atoms with Crippen molar-refractivity contribution in [2.75, 3.05) is 5.32 Å². The number of hydrogen-bond acceptors (Lipinski definition) is 6. The molecule has 21 heavy (non-hydrogen) atoms. The molecule has 0 saturated carbocycles. The molecule has 0 spiro atoms. The van der Waals surface area contributed by atoms with Crippen LogP contribution in [-0.4, -0.2) is 15.2 Å². The Kier molecular flexibility index (Phi) is 4.17. The van der Waals surface area contributed by atoms with E-state index >= 15 is 0 Å². The standard InChI is InChI=1S/C14H13ClN4OS/c1-2-12-18-19-13(20-12)9-4-3-5-10(6-9)16-7-11-8-17-14(15)21-11/h3-6,8,16H,2,7H2,1H3. The highest BCUT2D eigenvalue weighted by Crippen LogP contribution is 2.23. The Morgan fingerprint density at radius 1 is 1.33 bits per heavy atom.